The maximum Gasteiger partial charge on any atom is 0.321 e. The van der Waals surface area contributed by atoms with E-state index in [0.29, 0.717) is 40.6 Å². The molecule has 4 amide bonds. The Morgan fingerprint density at radius 2 is 1.68 bits per heavy atom. The minimum Gasteiger partial charge on any atom is -0.481 e. The van der Waals surface area contributed by atoms with Crippen LogP contribution >= 0.6 is 11.8 Å². The Morgan fingerprint density at radius 3 is 2.44 bits per heavy atom. The standard InChI is InChI=1S/C30H29N5O5S/c36-25(34-15-6-7-16-34)18-35-24-14-5-4-13-23(24)27(20-9-2-1-3-10-20)32-28(29(35)39)33-30(40)31-21-11-8-12-22(17-21)41-19-26(37)38/h1-5,8-14,17,28H,6-7,15-16,18-19H2,(H,37,38)(H2,31,33,40). The first kappa shape index (κ1) is 27.9. The molecule has 210 valence electrons. The molecule has 3 N–H and O–H groups in total. The minimum atomic E-state index is -1.31. The van der Waals surface area contributed by atoms with Crippen LogP contribution in [0.4, 0.5) is 16.2 Å². The van der Waals surface area contributed by atoms with Gasteiger partial charge in [0.25, 0.3) is 5.91 Å². The van der Waals surface area contributed by atoms with Crippen molar-refractivity contribution >= 4 is 52.7 Å². The number of thioether (sulfide) groups is 1. The second kappa shape index (κ2) is 12.7. The number of urea groups is 1. The van der Waals surface area contributed by atoms with Gasteiger partial charge in [-0.2, -0.15) is 0 Å². The summed E-state index contributed by atoms with van der Waals surface area (Å²) < 4.78 is 0. The summed E-state index contributed by atoms with van der Waals surface area (Å²) in [4.78, 5) is 59.8. The lowest BCUT2D eigenvalue weighted by Gasteiger charge is -2.27. The van der Waals surface area contributed by atoms with E-state index in [4.69, 9.17) is 10.1 Å². The van der Waals surface area contributed by atoms with Crippen molar-refractivity contribution in [2.45, 2.75) is 23.9 Å². The molecule has 0 bridgehead atoms. The number of benzene rings is 3. The van der Waals surface area contributed by atoms with Crippen LogP contribution in [0, 0.1) is 0 Å². The van der Waals surface area contributed by atoms with Gasteiger partial charge in [0.1, 0.15) is 6.54 Å². The molecule has 10 nitrogen and oxygen atoms in total. The summed E-state index contributed by atoms with van der Waals surface area (Å²) >= 11 is 1.13. The highest BCUT2D eigenvalue weighted by atomic mass is 32.2. The Balaban J connectivity index is 1.45. The summed E-state index contributed by atoms with van der Waals surface area (Å²) in [5.41, 5.74) is 2.92. The third kappa shape index (κ3) is 6.75. The van der Waals surface area contributed by atoms with Gasteiger partial charge in [-0.3, -0.25) is 19.3 Å². The number of amides is 4. The van der Waals surface area contributed by atoms with E-state index in [1.807, 2.05) is 42.5 Å². The smallest absolute Gasteiger partial charge is 0.321 e. The van der Waals surface area contributed by atoms with Crippen molar-refractivity contribution in [3.63, 3.8) is 0 Å². The Labute approximate surface area is 241 Å². The number of aliphatic carboxylic acids is 1. The number of benzodiazepines with no additional fused rings is 1. The van der Waals surface area contributed by atoms with Crippen molar-refractivity contribution in [2.75, 3.05) is 35.6 Å². The zero-order chi connectivity index (χ0) is 28.8. The Kier molecular flexibility index (Phi) is 8.64. The molecule has 0 spiro atoms. The molecule has 0 radical (unpaired) electrons. The summed E-state index contributed by atoms with van der Waals surface area (Å²) in [6, 6.07) is 22.7. The number of carboxylic acid groups (broad SMARTS) is 1. The van der Waals surface area contributed by atoms with Crippen LogP contribution in [0.5, 0.6) is 0 Å². The molecule has 1 unspecified atom stereocenters. The molecule has 5 rings (SSSR count). The van der Waals surface area contributed by atoms with E-state index in [2.05, 4.69) is 10.6 Å². The number of hydrogen-bond acceptors (Lipinski definition) is 6. The average Bonchev–Trinajstić information content (AvgIpc) is 3.50. The third-order valence-electron chi connectivity index (χ3n) is 6.73. The lowest BCUT2D eigenvalue weighted by molar-refractivity contribution is -0.134. The number of rotatable bonds is 8. The predicted octanol–water partition coefficient (Wildman–Crippen LogP) is 3.82. The van der Waals surface area contributed by atoms with Crippen LogP contribution in [0.15, 0.2) is 88.8 Å². The number of carboxylic acids is 1. The van der Waals surface area contributed by atoms with Crippen LogP contribution < -0.4 is 15.5 Å². The maximum absolute atomic E-state index is 14.0. The summed E-state index contributed by atoms with van der Waals surface area (Å²) in [5, 5.41) is 14.3. The van der Waals surface area contributed by atoms with E-state index in [0.717, 1.165) is 30.2 Å². The van der Waals surface area contributed by atoms with E-state index in [1.165, 1.54) is 4.90 Å². The van der Waals surface area contributed by atoms with Crippen molar-refractivity contribution < 1.29 is 24.3 Å². The van der Waals surface area contributed by atoms with Crippen LogP contribution in [-0.2, 0) is 14.4 Å². The SMILES string of the molecule is O=C(O)CSc1cccc(NC(=O)NC2N=C(c3ccccc3)c3ccccc3N(CC(=O)N3CCCC3)C2=O)c1. The molecule has 3 aromatic carbocycles. The molecule has 0 saturated carbocycles. The van der Waals surface area contributed by atoms with Gasteiger partial charge in [-0.25, -0.2) is 9.79 Å². The second-order valence-corrected chi connectivity index (χ2v) is 10.6. The van der Waals surface area contributed by atoms with Gasteiger partial charge in [0.05, 0.1) is 17.2 Å². The van der Waals surface area contributed by atoms with Gasteiger partial charge < -0.3 is 20.6 Å². The fourth-order valence-electron chi connectivity index (χ4n) is 4.81. The number of hydrogen-bond donors (Lipinski definition) is 3. The summed E-state index contributed by atoms with van der Waals surface area (Å²) in [7, 11) is 0. The zero-order valence-corrected chi connectivity index (χ0v) is 23.0. The molecular formula is C30H29N5O5S. The van der Waals surface area contributed by atoms with Gasteiger partial charge in [0.15, 0.2) is 0 Å². The first-order valence-electron chi connectivity index (χ1n) is 13.2. The highest BCUT2D eigenvalue weighted by molar-refractivity contribution is 8.00. The number of nitrogens with zero attached hydrogens (tertiary/aromatic N) is 3. The Morgan fingerprint density at radius 1 is 0.951 bits per heavy atom. The molecule has 11 heteroatoms. The number of carbonyl (C=O) groups is 4. The van der Waals surface area contributed by atoms with E-state index < -0.39 is 24.1 Å². The van der Waals surface area contributed by atoms with E-state index in [1.54, 1.807) is 41.3 Å². The van der Waals surface area contributed by atoms with Crippen LogP contribution in [0.1, 0.15) is 24.0 Å². The number of fused-ring (bicyclic) bond motifs is 1. The average molecular weight is 572 g/mol. The Bertz CT molecular complexity index is 1490. The minimum absolute atomic E-state index is 0.115. The molecular weight excluding hydrogens is 542 g/mol. The van der Waals surface area contributed by atoms with Gasteiger partial charge in [-0.05, 0) is 37.1 Å². The van der Waals surface area contributed by atoms with Crippen molar-refractivity contribution in [3.8, 4) is 0 Å². The molecule has 3 aromatic rings. The number of likely N-dealkylation sites (tertiary alicyclic amines) is 1. The lowest BCUT2D eigenvalue weighted by Crippen LogP contribution is -2.51. The predicted molar refractivity (Wildman–Crippen MR) is 157 cm³/mol. The molecule has 0 aromatic heterocycles. The Hall–Kier alpha value is -4.64. The maximum atomic E-state index is 14.0. The zero-order valence-electron chi connectivity index (χ0n) is 22.2. The van der Waals surface area contributed by atoms with Crippen molar-refractivity contribution in [3.05, 3.63) is 90.0 Å². The highest BCUT2D eigenvalue weighted by Gasteiger charge is 2.35. The first-order chi connectivity index (χ1) is 19.9. The van der Waals surface area contributed by atoms with Gasteiger partial charge in [0, 0.05) is 34.8 Å². The van der Waals surface area contributed by atoms with Gasteiger partial charge in [-0.1, -0.05) is 54.6 Å². The quantitative estimate of drug-likeness (QED) is 0.353. The summed E-state index contributed by atoms with van der Waals surface area (Å²) in [6.07, 6.45) is 0.545. The monoisotopic (exact) mass is 571 g/mol. The van der Waals surface area contributed by atoms with Crippen molar-refractivity contribution in [2.24, 2.45) is 4.99 Å². The van der Waals surface area contributed by atoms with Gasteiger partial charge >= 0.3 is 12.0 Å². The third-order valence-corrected chi connectivity index (χ3v) is 7.71. The molecule has 41 heavy (non-hydrogen) atoms. The number of para-hydroxylation sites is 1. The largest absolute Gasteiger partial charge is 0.481 e. The van der Waals surface area contributed by atoms with Crippen LogP contribution in [-0.4, -0.2) is 71.1 Å². The second-order valence-electron chi connectivity index (χ2n) is 9.58. The van der Waals surface area contributed by atoms with Crippen molar-refractivity contribution in [1.82, 2.24) is 10.2 Å². The molecule has 2 aliphatic rings. The molecule has 1 saturated heterocycles. The molecule has 0 aliphatic carbocycles. The van der Waals surface area contributed by atoms with Crippen LogP contribution in [0.25, 0.3) is 0 Å². The van der Waals surface area contributed by atoms with Crippen molar-refractivity contribution in [1.29, 1.82) is 0 Å². The van der Waals surface area contributed by atoms with E-state index in [9.17, 15) is 19.2 Å². The highest BCUT2D eigenvalue weighted by Crippen LogP contribution is 2.29. The summed E-state index contributed by atoms with van der Waals surface area (Å²) in [6.45, 7) is 1.14. The van der Waals surface area contributed by atoms with Crippen LogP contribution in [0.2, 0.25) is 0 Å². The fraction of sp³-hybridized carbons (Fsp3) is 0.233. The van der Waals surface area contributed by atoms with Crippen LogP contribution in [0.3, 0.4) is 0 Å². The summed E-state index contributed by atoms with van der Waals surface area (Å²) in [5.74, 6) is -1.75. The van der Waals surface area contributed by atoms with Gasteiger partial charge in [-0.15, -0.1) is 11.8 Å². The number of nitrogens with one attached hydrogen (secondary N) is 2. The number of carbonyl (C=O) groups excluding carboxylic acids is 3. The lowest BCUT2D eigenvalue weighted by atomic mass is 10.0. The molecule has 2 aliphatic heterocycles. The van der Waals surface area contributed by atoms with E-state index in [-0.39, 0.29) is 18.2 Å². The number of aliphatic imine (C=N–C) groups is 1. The van der Waals surface area contributed by atoms with Gasteiger partial charge in [0.2, 0.25) is 12.1 Å². The molecule has 1 atom stereocenters. The molecule has 1 fully saturated rings. The normalized spacial score (nSPS) is 16.4. The topological polar surface area (TPSA) is 131 Å². The first-order valence-corrected chi connectivity index (χ1v) is 14.2. The number of anilines is 2. The molecule has 2 heterocycles. The van der Waals surface area contributed by atoms with E-state index >= 15 is 0 Å². The fourth-order valence-corrected chi connectivity index (χ4v) is 5.49.